The van der Waals surface area contributed by atoms with Crippen LogP contribution in [0.15, 0.2) is 6.07 Å². The molecule has 0 aliphatic rings. The molecule has 0 aliphatic heterocycles. The highest BCUT2D eigenvalue weighted by atomic mass is 35.5. The van der Waals surface area contributed by atoms with Crippen molar-refractivity contribution >= 4 is 41.5 Å². The van der Waals surface area contributed by atoms with Crippen molar-refractivity contribution in [1.82, 2.24) is 4.98 Å². The summed E-state index contributed by atoms with van der Waals surface area (Å²) in [4.78, 5) is 4.08. The minimum Gasteiger partial charge on any atom is -0.506 e. The van der Waals surface area contributed by atoms with Crippen LogP contribution in [0.25, 0.3) is 10.9 Å². The van der Waals surface area contributed by atoms with E-state index >= 15 is 0 Å². The van der Waals surface area contributed by atoms with Crippen LogP contribution in [0.2, 0.25) is 5.02 Å². The van der Waals surface area contributed by atoms with Gasteiger partial charge in [-0.25, -0.2) is 4.98 Å². The number of anilines is 1. The van der Waals surface area contributed by atoms with E-state index < -0.39 is 5.60 Å². The molecule has 5 N–H and O–H groups in total. The van der Waals surface area contributed by atoms with Gasteiger partial charge in [0.25, 0.3) is 0 Å². The standard InChI is InChI=1S/C12H12BClN2O3/c1-12(2,19)11-5(15)3-4-8(16-11)10(18)6(13)7(14)9(4)17/h3,17-19H,15H2,1-2H3. The summed E-state index contributed by atoms with van der Waals surface area (Å²) in [6.07, 6.45) is 0. The Bertz CT molecular complexity index is 683. The Kier molecular flexibility index (Phi) is 3.03. The lowest BCUT2D eigenvalue weighted by Crippen LogP contribution is -2.20. The third-order valence-electron chi connectivity index (χ3n) is 2.81. The molecular weight excluding hydrogens is 266 g/mol. The number of rotatable bonds is 1. The third kappa shape index (κ3) is 2.07. The maximum absolute atomic E-state index is 9.97. The van der Waals surface area contributed by atoms with E-state index in [9.17, 15) is 15.3 Å². The van der Waals surface area contributed by atoms with E-state index in [1.165, 1.54) is 19.9 Å². The largest absolute Gasteiger partial charge is 0.506 e. The van der Waals surface area contributed by atoms with E-state index in [-0.39, 0.29) is 44.3 Å². The first kappa shape index (κ1) is 13.8. The molecule has 2 radical (unpaired) electrons. The van der Waals surface area contributed by atoms with Crippen LogP contribution in [0.4, 0.5) is 5.69 Å². The highest BCUT2D eigenvalue weighted by Crippen LogP contribution is 2.38. The number of nitrogens with zero attached hydrogens (tertiary/aromatic N) is 1. The summed E-state index contributed by atoms with van der Waals surface area (Å²) in [5.41, 5.74) is 4.70. The number of phenolic OH excluding ortho intramolecular Hbond substituents is 2. The summed E-state index contributed by atoms with van der Waals surface area (Å²) in [7, 11) is 5.57. The Morgan fingerprint density at radius 1 is 1.32 bits per heavy atom. The number of nitrogens with two attached hydrogens (primary N) is 1. The first-order valence-electron chi connectivity index (χ1n) is 5.46. The maximum Gasteiger partial charge on any atom is 0.143 e. The van der Waals surface area contributed by atoms with Gasteiger partial charge in [0, 0.05) is 5.39 Å². The molecule has 19 heavy (non-hydrogen) atoms. The molecular formula is C12H12BClN2O3. The Labute approximate surface area is 116 Å². The molecule has 7 heteroatoms. The molecule has 0 spiro atoms. The number of phenols is 2. The molecule has 0 saturated carbocycles. The third-order valence-corrected chi connectivity index (χ3v) is 3.19. The van der Waals surface area contributed by atoms with Crippen LogP contribution in [0.1, 0.15) is 19.5 Å². The summed E-state index contributed by atoms with van der Waals surface area (Å²) < 4.78 is 0. The topological polar surface area (TPSA) is 99.6 Å². The van der Waals surface area contributed by atoms with E-state index in [1.54, 1.807) is 0 Å². The van der Waals surface area contributed by atoms with Crippen molar-refractivity contribution in [2.24, 2.45) is 0 Å². The van der Waals surface area contributed by atoms with Gasteiger partial charge in [0.2, 0.25) is 0 Å². The smallest absolute Gasteiger partial charge is 0.143 e. The Balaban J connectivity index is 2.95. The molecule has 0 fully saturated rings. The fourth-order valence-corrected chi connectivity index (χ4v) is 2.05. The number of aromatic hydroxyl groups is 2. The second-order valence-corrected chi connectivity index (χ2v) is 5.18. The second kappa shape index (κ2) is 4.18. The van der Waals surface area contributed by atoms with Crippen LogP contribution >= 0.6 is 11.6 Å². The highest BCUT2D eigenvalue weighted by Gasteiger charge is 2.24. The lowest BCUT2D eigenvalue weighted by Gasteiger charge is -2.20. The molecule has 0 unspecified atom stereocenters. The molecule has 0 saturated heterocycles. The van der Waals surface area contributed by atoms with Crippen molar-refractivity contribution < 1.29 is 15.3 Å². The molecule has 1 aromatic carbocycles. The second-order valence-electron chi connectivity index (χ2n) is 4.81. The van der Waals surface area contributed by atoms with Gasteiger partial charge in [-0.1, -0.05) is 11.6 Å². The summed E-state index contributed by atoms with van der Waals surface area (Å²) in [6, 6.07) is 1.38. The monoisotopic (exact) mass is 278 g/mol. The molecule has 1 heterocycles. The Morgan fingerprint density at radius 3 is 2.42 bits per heavy atom. The molecule has 0 bridgehead atoms. The normalized spacial score (nSPS) is 12.0. The van der Waals surface area contributed by atoms with Gasteiger partial charge in [0.15, 0.2) is 0 Å². The van der Waals surface area contributed by atoms with Gasteiger partial charge >= 0.3 is 0 Å². The number of hydrogen-bond acceptors (Lipinski definition) is 5. The van der Waals surface area contributed by atoms with Crippen LogP contribution in [0.3, 0.4) is 0 Å². The number of nitrogen functional groups attached to an aromatic ring is 1. The van der Waals surface area contributed by atoms with E-state index in [4.69, 9.17) is 25.2 Å². The van der Waals surface area contributed by atoms with Gasteiger partial charge in [-0.3, -0.25) is 0 Å². The number of aromatic nitrogens is 1. The zero-order valence-electron chi connectivity index (χ0n) is 10.4. The lowest BCUT2D eigenvalue weighted by atomic mass is 9.91. The van der Waals surface area contributed by atoms with Crippen molar-refractivity contribution in [3.05, 3.63) is 16.8 Å². The highest BCUT2D eigenvalue weighted by molar-refractivity contribution is 6.48. The first-order valence-corrected chi connectivity index (χ1v) is 5.84. The summed E-state index contributed by atoms with van der Waals surface area (Å²) >= 11 is 5.79. The average molecular weight is 279 g/mol. The SMILES string of the molecule is [B]c1c(Cl)c(O)c2cc(N)c(C(C)(C)O)nc2c1O. The van der Waals surface area contributed by atoms with Gasteiger partial charge in [0.05, 0.1) is 16.4 Å². The summed E-state index contributed by atoms with van der Waals surface area (Å²) in [5.74, 6) is -0.670. The summed E-state index contributed by atoms with van der Waals surface area (Å²) in [5, 5.41) is 29.8. The number of hydrogen-bond donors (Lipinski definition) is 4. The van der Waals surface area contributed by atoms with Gasteiger partial charge in [0.1, 0.15) is 30.5 Å². The first-order chi connectivity index (χ1) is 8.64. The fourth-order valence-electron chi connectivity index (χ4n) is 1.86. The van der Waals surface area contributed by atoms with Crippen LogP contribution < -0.4 is 11.2 Å². The molecule has 1 aromatic heterocycles. The zero-order valence-corrected chi connectivity index (χ0v) is 11.2. The van der Waals surface area contributed by atoms with E-state index in [0.717, 1.165) is 0 Å². The van der Waals surface area contributed by atoms with Gasteiger partial charge in [-0.15, -0.1) is 0 Å². The van der Waals surface area contributed by atoms with Crippen LogP contribution in [-0.4, -0.2) is 28.1 Å². The van der Waals surface area contributed by atoms with Gasteiger partial charge in [-0.2, -0.15) is 0 Å². The minimum absolute atomic E-state index is 0.0331. The van der Waals surface area contributed by atoms with E-state index in [1.807, 2.05) is 0 Å². The Morgan fingerprint density at radius 2 is 1.89 bits per heavy atom. The Hall–Kier alpha value is -1.66. The quantitative estimate of drug-likeness (QED) is 0.459. The number of pyridine rings is 1. The number of halogens is 1. The molecule has 98 valence electrons. The number of aliphatic hydroxyl groups is 1. The summed E-state index contributed by atoms with van der Waals surface area (Å²) in [6.45, 7) is 3.02. The van der Waals surface area contributed by atoms with E-state index in [2.05, 4.69) is 4.98 Å². The lowest BCUT2D eigenvalue weighted by molar-refractivity contribution is 0.0750. The van der Waals surface area contributed by atoms with Crippen molar-refractivity contribution in [2.45, 2.75) is 19.4 Å². The fraction of sp³-hybridized carbons (Fsp3) is 0.250. The van der Waals surface area contributed by atoms with Crippen molar-refractivity contribution in [1.29, 1.82) is 0 Å². The molecule has 2 aromatic rings. The number of benzene rings is 1. The molecule has 0 aliphatic carbocycles. The predicted octanol–water partition coefficient (Wildman–Crippen LogP) is 0.903. The zero-order chi connectivity index (χ0) is 14.5. The molecule has 0 amide bonds. The van der Waals surface area contributed by atoms with Crippen molar-refractivity contribution in [2.75, 3.05) is 5.73 Å². The molecule has 0 atom stereocenters. The van der Waals surface area contributed by atoms with Crippen LogP contribution in [0, 0.1) is 0 Å². The van der Waals surface area contributed by atoms with Crippen molar-refractivity contribution in [3.63, 3.8) is 0 Å². The minimum atomic E-state index is -1.30. The number of fused-ring (bicyclic) bond motifs is 1. The average Bonchev–Trinajstić information content (AvgIpc) is 2.31. The van der Waals surface area contributed by atoms with Crippen LogP contribution in [0.5, 0.6) is 11.5 Å². The van der Waals surface area contributed by atoms with Gasteiger partial charge < -0.3 is 21.1 Å². The molecule has 2 rings (SSSR count). The van der Waals surface area contributed by atoms with Gasteiger partial charge in [-0.05, 0) is 25.4 Å². The predicted molar refractivity (Wildman–Crippen MR) is 75.1 cm³/mol. The molecule has 5 nitrogen and oxygen atoms in total. The van der Waals surface area contributed by atoms with E-state index in [0.29, 0.717) is 0 Å². The van der Waals surface area contributed by atoms with Crippen LogP contribution in [-0.2, 0) is 5.60 Å². The van der Waals surface area contributed by atoms with Crippen molar-refractivity contribution in [3.8, 4) is 11.5 Å². The maximum atomic E-state index is 9.97.